The number of nitrogens with one attached hydrogen (secondary N) is 1. The van der Waals surface area contributed by atoms with Gasteiger partial charge in [0, 0.05) is 22.9 Å². The lowest BCUT2D eigenvalue weighted by atomic mass is 9.87. The Labute approximate surface area is 168 Å². The standard InChI is InChI=1S/C21H20ClN3O3/c1-12-16(22)5-4-6-17(12)25-21-15(11-23-25)14(10-20(26)24-21)13-7-8-18(27-2)19(9-13)28-3/h4-9,11,14H,10H2,1-3H3,(H,24,26). The minimum Gasteiger partial charge on any atom is -0.493 e. The van der Waals surface area contributed by atoms with E-state index in [4.69, 9.17) is 21.1 Å². The molecular formula is C21H20ClN3O3. The molecular weight excluding hydrogens is 378 g/mol. The van der Waals surface area contributed by atoms with Crippen molar-refractivity contribution in [3.8, 4) is 17.2 Å². The van der Waals surface area contributed by atoms with Gasteiger partial charge in [-0.2, -0.15) is 5.10 Å². The van der Waals surface area contributed by atoms with Crippen LogP contribution in [0.4, 0.5) is 5.82 Å². The van der Waals surface area contributed by atoms with Crippen LogP contribution in [0.25, 0.3) is 5.69 Å². The van der Waals surface area contributed by atoms with Crippen LogP contribution in [0.3, 0.4) is 0 Å². The summed E-state index contributed by atoms with van der Waals surface area (Å²) < 4.78 is 12.5. The Bertz CT molecular complexity index is 1060. The Morgan fingerprint density at radius 2 is 1.96 bits per heavy atom. The molecule has 3 aromatic rings. The molecule has 0 saturated carbocycles. The summed E-state index contributed by atoms with van der Waals surface area (Å²) in [5, 5.41) is 8.16. The van der Waals surface area contributed by atoms with Crippen molar-refractivity contribution in [2.75, 3.05) is 19.5 Å². The number of carbonyl (C=O) groups is 1. The summed E-state index contributed by atoms with van der Waals surface area (Å²) in [4.78, 5) is 12.5. The Morgan fingerprint density at radius 1 is 1.18 bits per heavy atom. The van der Waals surface area contributed by atoms with Crippen LogP contribution in [0.1, 0.15) is 29.0 Å². The van der Waals surface area contributed by atoms with Crippen molar-refractivity contribution in [1.29, 1.82) is 0 Å². The van der Waals surface area contributed by atoms with E-state index in [-0.39, 0.29) is 11.8 Å². The predicted octanol–water partition coefficient (Wildman–Crippen LogP) is 4.33. The highest BCUT2D eigenvalue weighted by molar-refractivity contribution is 6.31. The number of ether oxygens (including phenoxy) is 2. The molecule has 1 aliphatic heterocycles. The first kappa shape index (κ1) is 18.4. The van der Waals surface area contributed by atoms with Crippen molar-refractivity contribution < 1.29 is 14.3 Å². The Balaban J connectivity index is 1.82. The lowest BCUT2D eigenvalue weighted by Crippen LogP contribution is -2.24. The van der Waals surface area contributed by atoms with Gasteiger partial charge in [-0.05, 0) is 42.3 Å². The Morgan fingerprint density at radius 3 is 2.71 bits per heavy atom. The van der Waals surface area contributed by atoms with Crippen molar-refractivity contribution >= 4 is 23.3 Å². The highest BCUT2D eigenvalue weighted by atomic mass is 35.5. The largest absolute Gasteiger partial charge is 0.493 e. The first-order valence-corrected chi connectivity index (χ1v) is 9.26. The maximum absolute atomic E-state index is 12.5. The Hall–Kier alpha value is -2.99. The smallest absolute Gasteiger partial charge is 0.226 e. The fourth-order valence-electron chi connectivity index (χ4n) is 3.59. The first-order valence-electron chi connectivity index (χ1n) is 8.88. The molecule has 4 rings (SSSR count). The molecule has 1 aromatic heterocycles. The predicted molar refractivity (Wildman–Crippen MR) is 108 cm³/mol. The molecule has 2 aromatic carbocycles. The van der Waals surface area contributed by atoms with Crippen molar-refractivity contribution in [2.24, 2.45) is 0 Å². The zero-order chi connectivity index (χ0) is 19.8. The summed E-state index contributed by atoms with van der Waals surface area (Å²) in [6.07, 6.45) is 2.14. The second kappa shape index (κ2) is 7.20. The molecule has 1 unspecified atom stereocenters. The van der Waals surface area contributed by atoms with Gasteiger partial charge in [-0.15, -0.1) is 0 Å². The fourth-order valence-corrected chi connectivity index (χ4v) is 3.76. The van der Waals surface area contributed by atoms with Crippen LogP contribution in [0.15, 0.2) is 42.6 Å². The van der Waals surface area contributed by atoms with Gasteiger partial charge < -0.3 is 14.8 Å². The second-order valence-corrected chi connectivity index (χ2v) is 7.07. The number of fused-ring (bicyclic) bond motifs is 1. The molecule has 0 fully saturated rings. The number of nitrogens with zero attached hydrogens (tertiary/aromatic N) is 2. The van der Waals surface area contributed by atoms with Crippen LogP contribution in [0.2, 0.25) is 5.02 Å². The van der Waals surface area contributed by atoms with Crippen LogP contribution in [-0.2, 0) is 4.79 Å². The summed E-state index contributed by atoms with van der Waals surface area (Å²) in [7, 11) is 3.20. The number of methoxy groups -OCH3 is 2. The summed E-state index contributed by atoms with van der Waals surface area (Å²) >= 11 is 6.27. The average Bonchev–Trinajstić information content (AvgIpc) is 3.12. The third-order valence-electron chi connectivity index (χ3n) is 5.10. The van der Waals surface area contributed by atoms with E-state index in [1.807, 2.05) is 43.3 Å². The lowest BCUT2D eigenvalue weighted by molar-refractivity contribution is -0.116. The molecule has 0 saturated heterocycles. The van der Waals surface area contributed by atoms with E-state index >= 15 is 0 Å². The average molecular weight is 398 g/mol. The number of hydrogen-bond donors (Lipinski definition) is 1. The first-order chi connectivity index (χ1) is 13.5. The molecule has 0 spiro atoms. The van der Waals surface area contributed by atoms with Crippen molar-refractivity contribution in [3.63, 3.8) is 0 Å². The number of amides is 1. The minimum absolute atomic E-state index is 0.0614. The number of anilines is 1. The quantitative estimate of drug-likeness (QED) is 0.711. The molecule has 1 aliphatic rings. The summed E-state index contributed by atoms with van der Waals surface area (Å²) in [6, 6.07) is 11.4. The van der Waals surface area contributed by atoms with E-state index in [1.165, 1.54) is 0 Å². The Kier molecular flexibility index (Phi) is 4.73. The number of halogens is 1. The number of aromatic nitrogens is 2. The molecule has 28 heavy (non-hydrogen) atoms. The SMILES string of the molecule is COc1ccc(C2CC(=O)Nc3c2cnn3-c2cccc(Cl)c2C)cc1OC. The molecule has 0 bridgehead atoms. The van der Waals surface area contributed by atoms with Gasteiger partial charge in [0.15, 0.2) is 11.5 Å². The third kappa shape index (κ3) is 2.99. The van der Waals surface area contributed by atoms with Gasteiger partial charge in [-0.25, -0.2) is 4.68 Å². The number of rotatable bonds is 4. The number of carbonyl (C=O) groups excluding carboxylic acids is 1. The topological polar surface area (TPSA) is 65.4 Å². The molecule has 2 heterocycles. The van der Waals surface area contributed by atoms with Crippen molar-refractivity contribution in [3.05, 3.63) is 64.3 Å². The van der Waals surface area contributed by atoms with E-state index in [1.54, 1.807) is 25.1 Å². The molecule has 1 atom stereocenters. The van der Waals surface area contributed by atoms with E-state index in [9.17, 15) is 4.79 Å². The minimum atomic E-state index is -0.128. The van der Waals surface area contributed by atoms with Gasteiger partial charge in [0.1, 0.15) is 5.82 Å². The monoisotopic (exact) mass is 397 g/mol. The van der Waals surface area contributed by atoms with E-state index in [0.29, 0.717) is 28.8 Å². The zero-order valence-corrected chi connectivity index (χ0v) is 16.6. The molecule has 7 heteroatoms. The highest BCUT2D eigenvalue weighted by Gasteiger charge is 2.31. The van der Waals surface area contributed by atoms with Gasteiger partial charge >= 0.3 is 0 Å². The van der Waals surface area contributed by atoms with Crippen molar-refractivity contribution in [2.45, 2.75) is 19.3 Å². The van der Waals surface area contributed by atoms with E-state index in [2.05, 4.69) is 10.4 Å². The highest BCUT2D eigenvalue weighted by Crippen LogP contribution is 2.41. The zero-order valence-electron chi connectivity index (χ0n) is 15.8. The van der Waals surface area contributed by atoms with Crippen LogP contribution < -0.4 is 14.8 Å². The fraction of sp³-hybridized carbons (Fsp3) is 0.238. The van der Waals surface area contributed by atoms with Crippen LogP contribution >= 0.6 is 11.6 Å². The van der Waals surface area contributed by atoms with Crippen molar-refractivity contribution in [1.82, 2.24) is 9.78 Å². The van der Waals surface area contributed by atoms with E-state index < -0.39 is 0 Å². The van der Waals surface area contributed by atoms with Gasteiger partial charge in [-0.3, -0.25) is 4.79 Å². The maximum atomic E-state index is 12.5. The van der Waals surface area contributed by atoms with Gasteiger partial charge in [-0.1, -0.05) is 23.7 Å². The maximum Gasteiger partial charge on any atom is 0.226 e. The van der Waals surface area contributed by atoms with Crippen LogP contribution in [-0.4, -0.2) is 29.9 Å². The van der Waals surface area contributed by atoms with E-state index in [0.717, 1.165) is 22.4 Å². The van der Waals surface area contributed by atoms with Gasteiger partial charge in [0.05, 0.1) is 26.1 Å². The summed E-state index contributed by atoms with van der Waals surface area (Å²) in [5.41, 5.74) is 3.65. The molecule has 1 N–H and O–H groups in total. The van der Waals surface area contributed by atoms with Crippen LogP contribution in [0.5, 0.6) is 11.5 Å². The molecule has 1 amide bonds. The third-order valence-corrected chi connectivity index (χ3v) is 5.51. The summed E-state index contributed by atoms with van der Waals surface area (Å²) in [6.45, 7) is 1.93. The summed E-state index contributed by atoms with van der Waals surface area (Å²) in [5.74, 6) is 1.76. The van der Waals surface area contributed by atoms with Gasteiger partial charge in [0.2, 0.25) is 5.91 Å². The molecule has 144 valence electrons. The lowest BCUT2D eigenvalue weighted by Gasteiger charge is -2.24. The van der Waals surface area contributed by atoms with Gasteiger partial charge in [0.25, 0.3) is 0 Å². The second-order valence-electron chi connectivity index (χ2n) is 6.66. The normalized spacial score (nSPS) is 15.7. The number of benzene rings is 2. The number of hydrogen-bond acceptors (Lipinski definition) is 4. The van der Waals surface area contributed by atoms with Crippen LogP contribution in [0, 0.1) is 6.92 Å². The molecule has 6 nitrogen and oxygen atoms in total. The molecule has 0 aliphatic carbocycles. The molecule has 0 radical (unpaired) electrons.